The molecule has 5 nitrogen and oxygen atoms in total. The Kier molecular flexibility index (Phi) is 4.01. The summed E-state index contributed by atoms with van der Waals surface area (Å²) in [6, 6.07) is 2.65. The molecule has 0 saturated carbocycles. The number of likely N-dealkylation sites (N-methyl/N-ethyl adjacent to an activating group) is 1. The van der Waals surface area contributed by atoms with E-state index >= 15 is 0 Å². The smallest absolute Gasteiger partial charge is 0.222 e. The van der Waals surface area contributed by atoms with E-state index in [-0.39, 0.29) is 0 Å². The van der Waals surface area contributed by atoms with Crippen LogP contribution in [-0.2, 0) is 0 Å². The number of hydrogen-bond acceptors (Lipinski definition) is 5. The van der Waals surface area contributed by atoms with Crippen LogP contribution in [0.1, 0.15) is 26.0 Å². The average Bonchev–Trinajstić information content (AvgIpc) is 2.79. The molecule has 0 aliphatic carbocycles. The van der Waals surface area contributed by atoms with Crippen molar-refractivity contribution in [2.45, 2.75) is 33.2 Å². The molecule has 1 saturated heterocycles. The highest BCUT2D eigenvalue weighted by atomic mass is 15.3. The van der Waals surface area contributed by atoms with Gasteiger partial charge in [-0.1, -0.05) is 13.8 Å². The third-order valence-corrected chi connectivity index (χ3v) is 3.67. The number of nitrogen functional groups attached to an aromatic ring is 1. The minimum Gasteiger partial charge on any atom is -0.368 e. The van der Waals surface area contributed by atoms with Crippen molar-refractivity contribution in [1.29, 1.82) is 0 Å². The molecule has 100 valence electrons. The molecule has 2 heterocycles. The fraction of sp³-hybridized carbons (Fsp3) is 0.692. The fourth-order valence-corrected chi connectivity index (χ4v) is 2.72. The number of hydrogen-bond donors (Lipinski definition) is 1. The molecule has 0 radical (unpaired) electrons. The quantitative estimate of drug-likeness (QED) is 0.871. The van der Waals surface area contributed by atoms with Crippen molar-refractivity contribution in [2.75, 3.05) is 36.8 Å². The molecule has 1 fully saturated rings. The molecule has 5 heteroatoms. The van der Waals surface area contributed by atoms with Gasteiger partial charge in [-0.25, -0.2) is 4.98 Å². The van der Waals surface area contributed by atoms with Crippen LogP contribution in [0.15, 0.2) is 6.07 Å². The van der Waals surface area contributed by atoms with Crippen LogP contribution in [0.3, 0.4) is 0 Å². The van der Waals surface area contributed by atoms with Crippen molar-refractivity contribution in [1.82, 2.24) is 14.9 Å². The standard InChI is InChI=1S/C13H23N5/c1-4-17(5-2)11-6-7-18(9-11)12-8-10(3)15-13(14)16-12/h8,11H,4-7,9H2,1-3H3,(H2,14,15,16)/t11-/m1/s1. The van der Waals surface area contributed by atoms with Crippen LogP contribution < -0.4 is 10.6 Å². The summed E-state index contributed by atoms with van der Waals surface area (Å²) in [5, 5.41) is 0. The molecule has 0 spiro atoms. The number of anilines is 2. The van der Waals surface area contributed by atoms with Crippen molar-refractivity contribution in [2.24, 2.45) is 0 Å². The summed E-state index contributed by atoms with van der Waals surface area (Å²) in [7, 11) is 0. The highest BCUT2D eigenvalue weighted by Gasteiger charge is 2.27. The lowest BCUT2D eigenvalue weighted by Crippen LogP contribution is -2.37. The minimum atomic E-state index is 0.372. The van der Waals surface area contributed by atoms with Crippen LogP contribution in [0, 0.1) is 6.92 Å². The fourth-order valence-electron chi connectivity index (χ4n) is 2.72. The maximum absolute atomic E-state index is 5.71. The largest absolute Gasteiger partial charge is 0.368 e. The van der Waals surface area contributed by atoms with Gasteiger partial charge in [0, 0.05) is 30.9 Å². The number of rotatable bonds is 4. The van der Waals surface area contributed by atoms with Crippen molar-refractivity contribution >= 4 is 11.8 Å². The van der Waals surface area contributed by atoms with Gasteiger partial charge >= 0.3 is 0 Å². The molecule has 0 aromatic carbocycles. The molecule has 2 rings (SSSR count). The molecular formula is C13H23N5. The summed E-state index contributed by atoms with van der Waals surface area (Å²) in [4.78, 5) is 13.3. The Labute approximate surface area is 109 Å². The zero-order chi connectivity index (χ0) is 13.1. The van der Waals surface area contributed by atoms with E-state index in [1.807, 2.05) is 13.0 Å². The van der Waals surface area contributed by atoms with Crippen LogP contribution >= 0.6 is 0 Å². The molecule has 1 atom stereocenters. The molecule has 1 aliphatic heterocycles. The second-order valence-corrected chi connectivity index (χ2v) is 4.84. The van der Waals surface area contributed by atoms with Crippen LogP contribution in [0.2, 0.25) is 0 Å². The Morgan fingerprint density at radius 1 is 1.39 bits per heavy atom. The van der Waals surface area contributed by atoms with E-state index in [1.165, 1.54) is 6.42 Å². The number of nitrogens with zero attached hydrogens (tertiary/aromatic N) is 4. The van der Waals surface area contributed by atoms with E-state index in [1.54, 1.807) is 0 Å². The third kappa shape index (κ3) is 2.72. The Hall–Kier alpha value is -1.36. The normalized spacial score (nSPS) is 19.8. The van der Waals surface area contributed by atoms with Gasteiger partial charge in [-0.3, -0.25) is 4.90 Å². The molecule has 0 bridgehead atoms. The van der Waals surface area contributed by atoms with Crippen LogP contribution in [-0.4, -0.2) is 47.1 Å². The maximum atomic E-state index is 5.71. The number of aromatic nitrogens is 2. The second-order valence-electron chi connectivity index (χ2n) is 4.84. The van der Waals surface area contributed by atoms with Gasteiger partial charge in [0.25, 0.3) is 0 Å². The molecule has 0 amide bonds. The van der Waals surface area contributed by atoms with Gasteiger partial charge in [0.15, 0.2) is 0 Å². The lowest BCUT2D eigenvalue weighted by Gasteiger charge is -2.26. The van der Waals surface area contributed by atoms with Gasteiger partial charge in [-0.2, -0.15) is 4.98 Å². The predicted molar refractivity (Wildman–Crippen MR) is 74.7 cm³/mol. The Balaban J connectivity index is 2.08. The van der Waals surface area contributed by atoms with E-state index in [0.717, 1.165) is 37.7 Å². The van der Waals surface area contributed by atoms with Crippen molar-refractivity contribution in [3.63, 3.8) is 0 Å². The van der Waals surface area contributed by atoms with Gasteiger partial charge in [0.05, 0.1) is 0 Å². The molecule has 18 heavy (non-hydrogen) atoms. The monoisotopic (exact) mass is 249 g/mol. The Bertz CT molecular complexity index is 382. The first-order chi connectivity index (χ1) is 8.63. The minimum absolute atomic E-state index is 0.372. The molecule has 1 aromatic heterocycles. The predicted octanol–water partition coefficient (Wildman–Crippen LogP) is 1.29. The third-order valence-electron chi connectivity index (χ3n) is 3.67. The van der Waals surface area contributed by atoms with E-state index in [2.05, 4.69) is 33.6 Å². The van der Waals surface area contributed by atoms with Crippen molar-refractivity contribution < 1.29 is 0 Å². The first-order valence-electron chi connectivity index (χ1n) is 6.74. The van der Waals surface area contributed by atoms with E-state index < -0.39 is 0 Å². The molecule has 2 N–H and O–H groups in total. The summed E-state index contributed by atoms with van der Waals surface area (Å²) < 4.78 is 0. The summed E-state index contributed by atoms with van der Waals surface area (Å²) in [6.45, 7) is 10.7. The lowest BCUT2D eigenvalue weighted by molar-refractivity contribution is 0.232. The second kappa shape index (κ2) is 5.52. The summed E-state index contributed by atoms with van der Waals surface area (Å²) in [5.74, 6) is 1.34. The van der Waals surface area contributed by atoms with Crippen molar-refractivity contribution in [3.05, 3.63) is 11.8 Å². The first kappa shape index (κ1) is 13.1. The average molecular weight is 249 g/mol. The molecular weight excluding hydrogens is 226 g/mol. The van der Waals surface area contributed by atoms with Crippen LogP contribution in [0.4, 0.5) is 11.8 Å². The van der Waals surface area contributed by atoms with Gasteiger partial charge in [-0.05, 0) is 26.4 Å². The maximum Gasteiger partial charge on any atom is 0.222 e. The van der Waals surface area contributed by atoms with Gasteiger partial charge in [0.2, 0.25) is 5.95 Å². The molecule has 1 aromatic rings. The molecule has 1 aliphatic rings. The first-order valence-corrected chi connectivity index (χ1v) is 6.74. The number of aryl methyl sites for hydroxylation is 1. The van der Waals surface area contributed by atoms with Gasteiger partial charge < -0.3 is 10.6 Å². The van der Waals surface area contributed by atoms with E-state index in [9.17, 15) is 0 Å². The van der Waals surface area contributed by atoms with Crippen molar-refractivity contribution in [3.8, 4) is 0 Å². The number of nitrogens with two attached hydrogens (primary N) is 1. The zero-order valence-corrected chi connectivity index (χ0v) is 11.6. The SMILES string of the molecule is CCN(CC)[C@@H]1CCN(c2cc(C)nc(N)n2)C1. The highest BCUT2D eigenvalue weighted by molar-refractivity contribution is 5.44. The Morgan fingerprint density at radius 2 is 2.11 bits per heavy atom. The van der Waals surface area contributed by atoms with Gasteiger partial charge in [0.1, 0.15) is 5.82 Å². The topological polar surface area (TPSA) is 58.3 Å². The van der Waals surface area contributed by atoms with Gasteiger partial charge in [-0.15, -0.1) is 0 Å². The zero-order valence-electron chi connectivity index (χ0n) is 11.6. The summed E-state index contributed by atoms with van der Waals surface area (Å²) >= 11 is 0. The van der Waals surface area contributed by atoms with Crippen LogP contribution in [0.5, 0.6) is 0 Å². The Morgan fingerprint density at radius 3 is 2.72 bits per heavy atom. The lowest BCUT2D eigenvalue weighted by atomic mass is 10.2. The van der Waals surface area contributed by atoms with E-state index in [0.29, 0.717) is 12.0 Å². The molecule has 0 unspecified atom stereocenters. The van der Waals surface area contributed by atoms with Crippen LogP contribution in [0.25, 0.3) is 0 Å². The summed E-state index contributed by atoms with van der Waals surface area (Å²) in [6.07, 6.45) is 1.20. The van der Waals surface area contributed by atoms with E-state index in [4.69, 9.17) is 5.73 Å². The highest BCUT2D eigenvalue weighted by Crippen LogP contribution is 2.22. The summed E-state index contributed by atoms with van der Waals surface area (Å²) in [5.41, 5.74) is 6.65.